The van der Waals surface area contributed by atoms with E-state index >= 15 is 0 Å². The summed E-state index contributed by atoms with van der Waals surface area (Å²) in [5.74, 6) is 0.744. The van der Waals surface area contributed by atoms with Gasteiger partial charge in [0.2, 0.25) is 5.91 Å². The van der Waals surface area contributed by atoms with Gasteiger partial charge < -0.3 is 10.6 Å². The molecule has 0 radical (unpaired) electrons. The van der Waals surface area contributed by atoms with E-state index < -0.39 is 10.8 Å². The standard InChI is InChI=1S/C11H22N2O2S/c1-9(6-8-16(2)15)13-11(14)10-5-3-4-7-12-10/h9-10,12H,3-8H2,1-2H3,(H,13,14)/t9?,10-,16?/m0/s1. The Balaban J connectivity index is 2.23. The Kier molecular flexibility index (Phi) is 5.98. The minimum absolute atomic E-state index is 0.0247. The molecule has 0 aliphatic carbocycles. The Morgan fingerprint density at radius 1 is 1.56 bits per heavy atom. The van der Waals surface area contributed by atoms with Gasteiger partial charge in [-0.3, -0.25) is 9.00 Å². The van der Waals surface area contributed by atoms with E-state index in [-0.39, 0.29) is 18.0 Å². The van der Waals surface area contributed by atoms with Crippen molar-refractivity contribution in [2.75, 3.05) is 18.6 Å². The topological polar surface area (TPSA) is 58.2 Å². The van der Waals surface area contributed by atoms with Crippen LogP contribution in [0.1, 0.15) is 32.6 Å². The van der Waals surface area contributed by atoms with E-state index in [1.54, 1.807) is 6.26 Å². The van der Waals surface area contributed by atoms with Gasteiger partial charge in [0.05, 0.1) is 6.04 Å². The molecular weight excluding hydrogens is 224 g/mol. The Morgan fingerprint density at radius 3 is 2.88 bits per heavy atom. The average molecular weight is 246 g/mol. The van der Waals surface area contributed by atoms with Crippen LogP contribution < -0.4 is 10.6 Å². The third-order valence-corrected chi connectivity index (χ3v) is 3.66. The summed E-state index contributed by atoms with van der Waals surface area (Å²) in [6.07, 6.45) is 5.68. The van der Waals surface area contributed by atoms with Gasteiger partial charge in [0.25, 0.3) is 0 Å². The summed E-state index contributed by atoms with van der Waals surface area (Å²) < 4.78 is 10.9. The van der Waals surface area contributed by atoms with Gasteiger partial charge in [-0.15, -0.1) is 0 Å². The zero-order valence-corrected chi connectivity index (χ0v) is 10.9. The van der Waals surface area contributed by atoms with Crippen molar-refractivity contribution in [3.05, 3.63) is 0 Å². The van der Waals surface area contributed by atoms with E-state index in [4.69, 9.17) is 0 Å². The van der Waals surface area contributed by atoms with Crippen molar-refractivity contribution in [1.82, 2.24) is 10.6 Å². The molecule has 1 fully saturated rings. The van der Waals surface area contributed by atoms with Crippen LogP contribution in [0.2, 0.25) is 0 Å². The van der Waals surface area contributed by atoms with Gasteiger partial charge in [0.1, 0.15) is 0 Å². The molecule has 2 unspecified atom stereocenters. The number of carbonyl (C=O) groups is 1. The Bertz CT molecular complexity index is 252. The molecular formula is C11H22N2O2S. The highest BCUT2D eigenvalue weighted by molar-refractivity contribution is 7.84. The first-order valence-electron chi connectivity index (χ1n) is 5.93. The average Bonchev–Trinajstić information content (AvgIpc) is 2.27. The van der Waals surface area contributed by atoms with Gasteiger partial charge in [-0.1, -0.05) is 6.42 Å². The molecule has 1 rings (SSSR count). The van der Waals surface area contributed by atoms with Crippen LogP contribution in [0, 0.1) is 0 Å². The number of hydrogen-bond donors (Lipinski definition) is 2. The normalized spacial score (nSPS) is 24.8. The Labute approximate surface area is 100 Å². The lowest BCUT2D eigenvalue weighted by atomic mass is 10.0. The van der Waals surface area contributed by atoms with Gasteiger partial charge >= 0.3 is 0 Å². The molecule has 2 N–H and O–H groups in total. The summed E-state index contributed by atoms with van der Waals surface area (Å²) in [7, 11) is -0.773. The minimum Gasteiger partial charge on any atom is -0.352 e. The van der Waals surface area contributed by atoms with Crippen LogP contribution in [-0.4, -0.2) is 40.8 Å². The summed E-state index contributed by atoms with van der Waals surface area (Å²) in [5.41, 5.74) is 0. The molecule has 16 heavy (non-hydrogen) atoms. The SMILES string of the molecule is CC(CCS(C)=O)NC(=O)[C@@H]1CCCCN1. The molecule has 0 bridgehead atoms. The molecule has 0 spiro atoms. The van der Waals surface area contributed by atoms with Crippen LogP contribution in [0.15, 0.2) is 0 Å². The van der Waals surface area contributed by atoms with E-state index in [9.17, 15) is 9.00 Å². The van der Waals surface area contributed by atoms with E-state index in [0.717, 1.165) is 32.2 Å². The molecule has 0 saturated carbocycles. The second kappa shape index (κ2) is 7.01. The van der Waals surface area contributed by atoms with Crippen LogP contribution >= 0.6 is 0 Å². The Hall–Kier alpha value is -0.420. The minimum atomic E-state index is -0.773. The third kappa shape index (κ3) is 5.07. The molecule has 0 aromatic rings. The quantitative estimate of drug-likeness (QED) is 0.738. The molecule has 0 aromatic carbocycles. The second-order valence-corrected chi connectivity index (χ2v) is 6.03. The number of hydrogen-bond acceptors (Lipinski definition) is 3. The first kappa shape index (κ1) is 13.6. The summed E-state index contributed by atoms with van der Waals surface area (Å²) in [6, 6.07) is 0.0865. The molecule has 4 nitrogen and oxygen atoms in total. The lowest BCUT2D eigenvalue weighted by Gasteiger charge is -2.24. The van der Waals surface area contributed by atoms with Crippen LogP contribution in [-0.2, 0) is 15.6 Å². The highest BCUT2D eigenvalue weighted by Crippen LogP contribution is 2.07. The van der Waals surface area contributed by atoms with Crippen LogP contribution in [0.25, 0.3) is 0 Å². The maximum Gasteiger partial charge on any atom is 0.237 e. The molecule has 1 saturated heterocycles. The summed E-state index contributed by atoms with van der Waals surface area (Å²) in [4.78, 5) is 11.8. The van der Waals surface area contributed by atoms with Crippen LogP contribution in [0.4, 0.5) is 0 Å². The van der Waals surface area contributed by atoms with Crippen LogP contribution in [0.3, 0.4) is 0 Å². The monoisotopic (exact) mass is 246 g/mol. The van der Waals surface area contributed by atoms with E-state index in [0.29, 0.717) is 5.75 Å². The van der Waals surface area contributed by atoms with Crippen LogP contribution in [0.5, 0.6) is 0 Å². The highest BCUT2D eigenvalue weighted by Gasteiger charge is 2.21. The number of carbonyl (C=O) groups excluding carboxylic acids is 1. The molecule has 1 aliphatic rings. The zero-order chi connectivity index (χ0) is 12.0. The van der Waals surface area contributed by atoms with Gasteiger partial charge in [0, 0.05) is 28.9 Å². The number of piperidine rings is 1. The smallest absolute Gasteiger partial charge is 0.237 e. The summed E-state index contributed by atoms with van der Waals surface area (Å²) >= 11 is 0. The molecule has 1 aliphatic heterocycles. The van der Waals surface area contributed by atoms with E-state index in [1.807, 2.05) is 6.92 Å². The zero-order valence-electron chi connectivity index (χ0n) is 10.1. The fraction of sp³-hybridized carbons (Fsp3) is 0.909. The van der Waals surface area contributed by atoms with E-state index in [2.05, 4.69) is 10.6 Å². The highest BCUT2D eigenvalue weighted by atomic mass is 32.2. The summed E-state index contributed by atoms with van der Waals surface area (Å²) in [6.45, 7) is 2.90. The molecule has 1 amide bonds. The predicted octanol–water partition coefficient (Wildman–Crippen LogP) is 0.402. The molecule has 94 valence electrons. The molecule has 5 heteroatoms. The molecule has 0 aromatic heterocycles. The summed E-state index contributed by atoms with van der Waals surface area (Å²) in [5, 5.41) is 6.19. The predicted molar refractivity (Wildman–Crippen MR) is 66.8 cm³/mol. The first-order chi connectivity index (χ1) is 7.59. The molecule has 1 heterocycles. The van der Waals surface area contributed by atoms with Crippen molar-refractivity contribution in [2.45, 2.75) is 44.7 Å². The van der Waals surface area contributed by atoms with Gasteiger partial charge in [-0.05, 0) is 32.7 Å². The number of amides is 1. The lowest BCUT2D eigenvalue weighted by molar-refractivity contribution is -0.124. The Morgan fingerprint density at radius 2 is 2.31 bits per heavy atom. The fourth-order valence-corrected chi connectivity index (χ4v) is 2.52. The first-order valence-corrected chi connectivity index (χ1v) is 7.66. The number of rotatable bonds is 5. The van der Waals surface area contributed by atoms with Crippen molar-refractivity contribution in [3.63, 3.8) is 0 Å². The van der Waals surface area contributed by atoms with Crippen molar-refractivity contribution < 1.29 is 9.00 Å². The molecule has 3 atom stereocenters. The third-order valence-electron chi connectivity index (χ3n) is 2.85. The van der Waals surface area contributed by atoms with Crippen molar-refractivity contribution >= 4 is 16.7 Å². The lowest BCUT2D eigenvalue weighted by Crippen LogP contribution is -2.49. The van der Waals surface area contributed by atoms with E-state index in [1.165, 1.54) is 0 Å². The van der Waals surface area contributed by atoms with Gasteiger partial charge in [-0.2, -0.15) is 0 Å². The number of nitrogens with one attached hydrogen (secondary N) is 2. The maximum absolute atomic E-state index is 11.8. The van der Waals surface area contributed by atoms with Crippen molar-refractivity contribution in [3.8, 4) is 0 Å². The fourth-order valence-electron chi connectivity index (χ4n) is 1.83. The van der Waals surface area contributed by atoms with Gasteiger partial charge in [0.15, 0.2) is 0 Å². The van der Waals surface area contributed by atoms with Crippen molar-refractivity contribution in [1.29, 1.82) is 0 Å². The maximum atomic E-state index is 11.8. The second-order valence-electron chi connectivity index (χ2n) is 4.48. The van der Waals surface area contributed by atoms with Crippen molar-refractivity contribution in [2.24, 2.45) is 0 Å². The largest absolute Gasteiger partial charge is 0.352 e. The van der Waals surface area contributed by atoms with Gasteiger partial charge in [-0.25, -0.2) is 0 Å².